The first-order valence-corrected chi connectivity index (χ1v) is 6.32. The molecule has 0 amide bonds. The lowest BCUT2D eigenvalue weighted by Crippen LogP contribution is -2.37. The molecule has 1 atom stereocenters. The van der Waals surface area contributed by atoms with E-state index >= 15 is 0 Å². The Balaban J connectivity index is 2.75. The summed E-state index contributed by atoms with van der Waals surface area (Å²) in [5, 5.41) is 11.2. The number of carbonyl (C=O) groups excluding carboxylic acids is 1. The fourth-order valence-corrected chi connectivity index (χ4v) is 1.72. The number of carboxylic acids is 1. The van der Waals surface area contributed by atoms with Crippen LogP contribution in [0.25, 0.3) is 0 Å². The van der Waals surface area contributed by atoms with Crippen molar-refractivity contribution in [3.05, 3.63) is 35.4 Å². The van der Waals surface area contributed by atoms with Gasteiger partial charge in [0.25, 0.3) is 0 Å². The fourth-order valence-electron chi connectivity index (χ4n) is 1.72. The van der Waals surface area contributed by atoms with Gasteiger partial charge in [-0.3, -0.25) is 14.9 Å². The van der Waals surface area contributed by atoms with Gasteiger partial charge in [0.2, 0.25) is 0 Å². The van der Waals surface area contributed by atoms with Crippen LogP contribution in [0, 0.1) is 0 Å². The van der Waals surface area contributed by atoms with Gasteiger partial charge in [0.15, 0.2) is 5.78 Å². The normalized spacial score (nSPS) is 13.1. The molecule has 1 aromatic carbocycles. The molecule has 0 aliphatic carbocycles. The summed E-state index contributed by atoms with van der Waals surface area (Å²) < 4.78 is 0. The van der Waals surface area contributed by atoms with E-state index in [0.29, 0.717) is 5.56 Å². The van der Waals surface area contributed by atoms with E-state index in [9.17, 15) is 9.59 Å². The van der Waals surface area contributed by atoms with Crippen molar-refractivity contribution in [3.8, 4) is 0 Å². The number of rotatable bonds is 5. The number of Topliss-reactive ketones (excluding diaryl/α,β-unsaturated/α-hetero) is 1. The van der Waals surface area contributed by atoms with Crippen molar-refractivity contribution in [2.45, 2.75) is 39.2 Å². The lowest BCUT2D eigenvalue weighted by Gasteiger charge is -2.19. The van der Waals surface area contributed by atoms with Crippen molar-refractivity contribution >= 4 is 11.8 Å². The van der Waals surface area contributed by atoms with Crippen LogP contribution in [0.4, 0.5) is 0 Å². The van der Waals surface area contributed by atoms with Gasteiger partial charge >= 0.3 is 5.97 Å². The molecule has 4 nitrogen and oxygen atoms in total. The van der Waals surface area contributed by atoms with Gasteiger partial charge in [0, 0.05) is 5.56 Å². The summed E-state index contributed by atoms with van der Waals surface area (Å²) in [6.07, 6.45) is 0. The Morgan fingerprint density at radius 2 is 1.74 bits per heavy atom. The standard InChI is InChI=1S/C15H21NO3/c1-10(16-9-13(17)18)14(19)11-5-7-12(8-6-11)15(2,3)4/h5-8,10,16H,9H2,1-4H3,(H,17,18). The number of hydrogen-bond acceptors (Lipinski definition) is 3. The largest absolute Gasteiger partial charge is 0.480 e. The minimum Gasteiger partial charge on any atom is -0.480 e. The third-order valence-electron chi connectivity index (χ3n) is 2.99. The second kappa shape index (κ2) is 5.97. The Hall–Kier alpha value is -1.68. The Bertz CT molecular complexity index is 457. The molecule has 0 spiro atoms. The fraction of sp³-hybridized carbons (Fsp3) is 0.467. The number of benzene rings is 1. The second-order valence-electron chi connectivity index (χ2n) is 5.69. The van der Waals surface area contributed by atoms with Gasteiger partial charge in [-0.15, -0.1) is 0 Å². The molecule has 0 bridgehead atoms. The van der Waals surface area contributed by atoms with Crippen LogP contribution in [0.5, 0.6) is 0 Å². The van der Waals surface area contributed by atoms with Gasteiger partial charge in [-0.05, 0) is 17.9 Å². The molecule has 19 heavy (non-hydrogen) atoms. The molecule has 4 heteroatoms. The lowest BCUT2D eigenvalue weighted by atomic mass is 9.86. The first kappa shape index (κ1) is 15.4. The van der Waals surface area contributed by atoms with Crippen molar-refractivity contribution in [1.82, 2.24) is 5.32 Å². The number of aliphatic carboxylic acids is 1. The molecule has 2 N–H and O–H groups in total. The molecule has 0 saturated heterocycles. The summed E-state index contributed by atoms with van der Waals surface area (Å²) in [6.45, 7) is 7.79. The van der Waals surface area contributed by atoms with Crippen molar-refractivity contribution in [2.24, 2.45) is 0 Å². The van der Waals surface area contributed by atoms with Crippen molar-refractivity contribution in [1.29, 1.82) is 0 Å². The van der Waals surface area contributed by atoms with Crippen LogP contribution in [-0.2, 0) is 10.2 Å². The van der Waals surface area contributed by atoms with Crippen molar-refractivity contribution < 1.29 is 14.7 Å². The summed E-state index contributed by atoms with van der Waals surface area (Å²) >= 11 is 0. The molecule has 0 fully saturated rings. The SMILES string of the molecule is CC(NCC(=O)O)C(=O)c1ccc(C(C)(C)C)cc1. The monoisotopic (exact) mass is 263 g/mol. The minimum absolute atomic E-state index is 0.0503. The summed E-state index contributed by atoms with van der Waals surface area (Å²) in [5.41, 5.74) is 1.81. The quantitative estimate of drug-likeness (QED) is 0.799. The average Bonchev–Trinajstić information content (AvgIpc) is 2.34. The maximum atomic E-state index is 12.1. The van der Waals surface area contributed by atoms with E-state index in [1.54, 1.807) is 19.1 Å². The second-order valence-corrected chi connectivity index (χ2v) is 5.69. The number of carboxylic acid groups (broad SMARTS) is 1. The van der Waals surface area contributed by atoms with Gasteiger partial charge in [-0.1, -0.05) is 45.0 Å². The van der Waals surface area contributed by atoms with E-state index < -0.39 is 12.0 Å². The number of ketones is 1. The van der Waals surface area contributed by atoms with Crippen LogP contribution in [0.1, 0.15) is 43.6 Å². The molecule has 0 radical (unpaired) electrons. The van der Waals surface area contributed by atoms with E-state index in [0.717, 1.165) is 5.56 Å². The first-order chi connectivity index (χ1) is 8.71. The van der Waals surface area contributed by atoms with Crippen LogP contribution in [0.2, 0.25) is 0 Å². The van der Waals surface area contributed by atoms with E-state index in [1.165, 1.54) is 0 Å². The topological polar surface area (TPSA) is 66.4 Å². The summed E-state index contributed by atoms with van der Waals surface area (Å²) in [6, 6.07) is 6.97. The van der Waals surface area contributed by atoms with E-state index in [4.69, 9.17) is 5.11 Å². The van der Waals surface area contributed by atoms with Crippen LogP contribution in [0.15, 0.2) is 24.3 Å². The number of nitrogens with one attached hydrogen (secondary N) is 1. The maximum Gasteiger partial charge on any atom is 0.317 e. The highest BCUT2D eigenvalue weighted by molar-refractivity contribution is 6.00. The highest BCUT2D eigenvalue weighted by Crippen LogP contribution is 2.22. The first-order valence-electron chi connectivity index (χ1n) is 6.32. The van der Waals surface area contributed by atoms with Gasteiger partial charge in [-0.25, -0.2) is 0 Å². The van der Waals surface area contributed by atoms with Gasteiger partial charge in [0.1, 0.15) is 0 Å². The zero-order valence-electron chi connectivity index (χ0n) is 11.9. The number of hydrogen-bond donors (Lipinski definition) is 2. The molecule has 0 aliphatic rings. The maximum absolute atomic E-state index is 12.1. The number of carbonyl (C=O) groups is 2. The predicted octanol–water partition coefficient (Wildman–Crippen LogP) is 2.23. The van der Waals surface area contributed by atoms with E-state index in [-0.39, 0.29) is 17.7 Å². The zero-order valence-corrected chi connectivity index (χ0v) is 11.9. The van der Waals surface area contributed by atoms with Gasteiger partial charge in [0.05, 0.1) is 12.6 Å². The molecular formula is C15H21NO3. The summed E-state index contributed by atoms with van der Waals surface area (Å²) in [7, 11) is 0. The van der Waals surface area contributed by atoms with Crippen LogP contribution in [0.3, 0.4) is 0 Å². The molecule has 1 rings (SSSR count). The molecular weight excluding hydrogens is 242 g/mol. The third-order valence-corrected chi connectivity index (χ3v) is 2.99. The molecule has 104 valence electrons. The highest BCUT2D eigenvalue weighted by Gasteiger charge is 2.17. The van der Waals surface area contributed by atoms with Gasteiger partial charge < -0.3 is 5.11 Å². The van der Waals surface area contributed by atoms with Gasteiger partial charge in [-0.2, -0.15) is 0 Å². The Morgan fingerprint density at radius 3 is 2.16 bits per heavy atom. The van der Waals surface area contributed by atoms with Crippen molar-refractivity contribution in [2.75, 3.05) is 6.54 Å². The Kier molecular flexibility index (Phi) is 4.84. The predicted molar refractivity (Wildman–Crippen MR) is 74.6 cm³/mol. The lowest BCUT2D eigenvalue weighted by molar-refractivity contribution is -0.136. The highest BCUT2D eigenvalue weighted by atomic mass is 16.4. The van der Waals surface area contributed by atoms with Crippen LogP contribution in [-0.4, -0.2) is 29.4 Å². The minimum atomic E-state index is -0.970. The molecule has 0 heterocycles. The Morgan fingerprint density at radius 1 is 1.21 bits per heavy atom. The van der Waals surface area contributed by atoms with Crippen molar-refractivity contribution in [3.63, 3.8) is 0 Å². The third kappa shape index (κ3) is 4.48. The van der Waals surface area contributed by atoms with Crippen LogP contribution >= 0.6 is 0 Å². The zero-order chi connectivity index (χ0) is 14.6. The van der Waals surface area contributed by atoms with E-state index in [2.05, 4.69) is 26.1 Å². The Labute approximate surface area is 113 Å². The smallest absolute Gasteiger partial charge is 0.317 e. The summed E-state index contributed by atoms with van der Waals surface area (Å²) in [5.74, 6) is -1.07. The summed E-state index contributed by atoms with van der Waals surface area (Å²) in [4.78, 5) is 22.5. The molecule has 1 unspecified atom stereocenters. The average molecular weight is 263 g/mol. The molecule has 0 aromatic heterocycles. The van der Waals surface area contributed by atoms with Crippen LogP contribution < -0.4 is 5.32 Å². The molecule has 0 saturated carbocycles. The van der Waals surface area contributed by atoms with E-state index in [1.807, 2.05) is 12.1 Å². The molecule has 0 aliphatic heterocycles. The molecule has 1 aromatic rings.